The SMILES string of the molecule is Cc1ccc(C(=O)NN(C)C)c(C)c1C. The maximum Gasteiger partial charge on any atom is 0.265 e. The topological polar surface area (TPSA) is 32.3 Å². The summed E-state index contributed by atoms with van der Waals surface area (Å²) in [6.07, 6.45) is 0. The van der Waals surface area contributed by atoms with Crippen molar-refractivity contribution in [2.75, 3.05) is 14.1 Å². The number of amides is 1. The number of hydrogen-bond acceptors (Lipinski definition) is 2. The second-order valence-corrected chi connectivity index (χ2v) is 4.02. The van der Waals surface area contributed by atoms with Crippen molar-refractivity contribution >= 4 is 5.91 Å². The van der Waals surface area contributed by atoms with E-state index in [0.29, 0.717) is 0 Å². The summed E-state index contributed by atoms with van der Waals surface area (Å²) in [4.78, 5) is 11.8. The number of hydrogen-bond donors (Lipinski definition) is 1. The van der Waals surface area contributed by atoms with Gasteiger partial charge in [-0.15, -0.1) is 0 Å². The zero-order valence-electron chi connectivity index (χ0n) is 10.0. The van der Waals surface area contributed by atoms with Crippen LogP contribution in [0, 0.1) is 20.8 Å². The monoisotopic (exact) mass is 206 g/mol. The first-order chi connectivity index (χ1) is 6.93. The van der Waals surface area contributed by atoms with E-state index >= 15 is 0 Å². The van der Waals surface area contributed by atoms with Crippen LogP contribution in [0.2, 0.25) is 0 Å². The van der Waals surface area contributed by atoms with Gasteiger partial charge < -0.3 is 0 Å². The van der Waals surface area contributed by atoms with Crippen LogP contribution in [0.25, 0.3) is 0 Å². The van der Waals surface area contributed by atoms with Crippen molar-refractivity contribution in [2.45, 2.75) is 20.8 Å². The Morgan fingerprint density at radius 3 is 2.27 bits per heavy atom. The van der Waals surface area contributed by atoms with Crippen LogP contribution in [-0.4, -0.2) is 25.0 Å². The summed E-state index contributed by atoms with van der Waals surface area (Å²) in [6, 6.07) is 3.85. The highest BCUT2D eigenvalue weighted by Crippen LogP contribution is 2.16. The molecule has 0 aliphatic carbocycles. The quantitative estimate of drug-likeness (QED) is 0.749. The highest BCUT2D eigenvalue weighted by atomic mass is 16.2. The summed E-state index contributed by atoms with van der Waals surface area (Å²) in [5, 5.41) is 1.65. The largest absolute Gasteiger partial charge is 0.285 e. The Morgan fingerprint density at radius 2 is 1.73 bits per heavy atom. The van der Waals surface area contributed by atoms with Gasteiger partial charge in [-0.3, -0.25) is 10.2 Å². The number of carbonyl (C=O) groups excluding carboxylic acids is 1. The first kappa shape index (κ1) is 11.7. The molecule has 0 saturated heterocycles. The van der Waals surface area contributed by atoms with Crippen LogP contribution in [0.1, 0.15) is 27.0 Å². The van der Waals surface area contributed by atoms with Gasteiger partial charge in [0.25, 0.3) is 5.91 Å². The molecular formula is C12H18N2O. The van der Waals surface area contributed by atoms with Crippen LogP contribution in [0.4, 0.5) is 0 Å². The average Bonchev–Trinajstić information content (AvgIpc) is 2.13. The molecule has 82 valence electrons. The van der Waals surface area contributed by atoms with Crippen LogP contribution in [-0.2, 0) is 0 Å². The highest BCUT2D eigenvalue weighted by molar-refractivity contribution is 5.95. The molecule has 1 rings (SSSR count). The molecule has 0 atom stereocenters. The lowest BCUT2D eigenvalue weighted by atomic mass is 9.98. The lowest BCUT2D eigenvalue weighted by molar-refractivity contribution is 0.0856. The van der Waals surface area contributed by atoms with Gasteiger partial charge in [0.15, 0.2) is 0 Å². The normalized spacial score (nSPS) is 10.5. The fourth-order valence-electron chi connectivity index (χ4n) is 1.47. The summed E-state index contributed by atoms with van der Waals surface area (Å²) >= 11 is 0. The Hall–Kier alpha value is -1.35. The predicted molar refractivity (Wildman–Crippen MR) is 61.8 cm³/mol. The molecule has 0 heterocycles. The fraction of sp³-hybridized carbons (Fsp3) is 0.417. The average molecular weight is 206 g/mol. The van der Waals surface area contributed by atoms with Gasteiger partial charge in [0.05, 0.1) is 0 Å². The lowest BCUT2D eigenvalue weighted by Gasteiger charge is -2.15. The molecule has 0 bridgehead atoms. The molecular weight excluding hydrogens is 188 g/mol. The number of aryl methyl sites for hydroxylation is 1. The summed E-state index contributed by atoms with van der Waals surface area (Å²) < 4.78 is 0. The van der Waals surface area contributed by atoms with Gasteiger partial charge in [0.1, 0.15) is 0 Å². The van der Waals surface area contributed by atoms with Crippen molar-refractivity contribution in [3.05, 3.63) is 34.4 Å². The summed E-state index contributed by atoms with van der Waals surface area (Å²) in [5.74, 6) is -0.0550. The third-order valence-electron chi connectivity index (χ3n) is 2.63. The maximum absolute atomic E-state index is 11.8. The molecule has 1 aromatic rings. The van der Waals surface area contributed by atoms with Gasteiger partial charge in [0.2, 0.25) is 0 Å². The minimum Gasteiger partial charge on any atom is -0.285 e. The van der Waals surface area contributed by atoms with Gasteiger partial charge in [-0.1, -0.05) is 6.07 Å². The molecule has 0 radical (unpaired) electrons. The molecule has 0 saturated carbocycles. The molecule has 3 heteroatoms. The second-order valence-electron chi connectivity index (χ2n) is 4.02. The number of nitrogens with one attached hydrogen (secondary N) is 1. The number of carbonyl (C=O) groups is 1. The van der Waals surface area contributed by atoms with E-state index in [1.807, 2.05) is 26.0 Å². The predicted octanol–water partition coefficient (Wildman–Crippen LogP) is 1.82. The van der Waals surface area contributed by atoms with Crippen LogP contribution >= 0.6 is 0 Å². The molecule has 0 aliphatic rings. The van der Waals surface area contributed by atoms with E-state index in [-0.39, 0.29) is 5.91 Å². The van der Waals surface area contributed by atoms with E-state index in [9.17, 15) is 4.79 Å². The highest BCUT2D eigenvalue weighted by Gasteiger charge is 2.11. The molecule has 3 nitrogen and oxygen atoms in total. The maximum atomic E-state index is 11.8. The summed E-state index contributed by atoms with van der Waals surface area (Å²) in [6.45, 7) is 6.07. The van der Waals surface area contributed by atoms with E-state index in [1.54, 1.807) is 19.1 Å². The fourth-order valence-corrected chi connectivity index (χ4v) is 1.47. The van der Waals surface area contributed by atoms with Crippen LogP contribution < -0.4 is 5.43 Å². The Balaban J connectivity index is 3.06. The molecule has 1 aromatic carbocycles. The van der Waals surface area contributed by atoms with Crippen molar-refractivity contribution in [3.8, 4) is 0 Å². The van der Waals surface area contributed by atoms with Gasteiger partial charge >= 0.3 is 0 Å². The smallest absolute Gasteiger partial charge is 0.265 e. The Bertz CT molecular complexity index is 383. The molecule has 0 aromatic heterocycles. The molecule has 0 unspecified atom stereocenters. The molecule has 1 N–H and O–H groups in total. The Labute approximate surface area is 91.1 Å². The number of rotatable bonds is 2. The molecule has 0 spiro atoms. The summed E-state index contributed by atoms with van der Waals surface area (Å²) in [7, 11) is 3.60. The van der Waals surface area contributed by atoms with Crippen LogP contribution in [0.3, 0.4) is 0 Å². The van der Waals surface area contributed by atoms with E-state index in [0.717, 1.165) is 11.1 Å². The minimum absolute atomic E-state index is 0.0550. The third-order valence-corrected chi connectivity index (χ3v) is 2.63. The van der Waals surface area contributed by atoms with Gasteiger partial charge in [-0.25, -0.2) is 5.01 Å². The summed E-state index contributed by atoms with van der Waals surface area (Å²) in [5.41, 5.74) is 6.93. The van der Waals surface area contributed by atoms with Crippen LogP contribution in [0.5, 0.6) is 0 Å². The molecule has 0 aliphatic heterocycles. The second kappa shape index (κ2) is 4.45. The lowest BCUT2D eigenvalue weighted by Crippen LogP contribution is -2.36. The van der Waals surface area contributed by atoms with Gasteiger partial charge in [0, 0.05) is 19.7 Å². The van der Waals surface area contributed by atoms with Gasteiger partial charge in [-0.2, -0.15) is 0 Å². The van der Waals surface area contributed by atoms with E-state index in [2.05, 4.69) is 12.3 Å². The van der Waals surface area contributed by atoms with E-state index in [4.69, 9.17) is 0 Å². The van der Waals surface area contributed by atoms with Crippen molar-refractivity contribution in [1.82, 2.24) is 10.4 Å². The first-order valence-electron chi connectivity index (χ1n) is 4.98. The van der Waals surface area contributed by atoms with Crippen molar-refractivity contribution < 1.29 is 4.79 Å². The van der Waals surface area contributed by atoms with Crippen molar-refractivity contribution in [1.29, 1.82) is 0 Å². The van der Waals surface area contributed by atoms with Crippen molar-refractivity contribution in [2.24, 2.45) is 0 Å². The van der Waals surface area contributed by atoms with E-state index in [1.165, 1.54) is 11.1 Å². The number of nitrogens with zero attached hydrogens (tertiary/aromatic N) is 1. The Morgan fingerprint density at radius 1 is 1.13 bits per heavy atom. The molecule has 15 heavy (non-hydrogen) atoms. The molecule has 1 amide bonds. The minimum atomic E-state index is -0.0550. The standard InChI is InChI=1S/C12H18N2O/c1-8-6-7-11(10(3)9(8)2)12(15)13-14(4)5/h6-7H,1-5H3,(H,13,15). The molecule has 0 fully saturated rings. The zero-order valence-corrected chi connectivity index (χ0v) is 10.0. The van der Waals surface area contributed by atoms with Crippen molar-refractivity contribution in [3.63, 3.8) is 0 Å². The number of hydrazine groups is 1. The first-order valence-corrected chi connectivity index (χ1v) is 4.98. The number of benzene rings is 1. The van der Waals surface area contributed by atoms with Gasteiger partial charge in [-0.05, 0) is 43.5 Å². The third kappa shape index (κ3) is 2.57. The van der Waals surface area contributed by atoms with E-state index < -0.39 is 0 Å². The Kier molecular flexibility index (Phi) is 3.48. The zero-order chi connectivity index (χ0) is 11.6. The van der Waals surface area contributed by atoms with Crippen LogP contribution in [0.15, 0.2) is 12.1 Å².